The lowest BCUT2D eigenvalue weighted by Crippen LogP contribution is -2.29. The first kappa shape index (κ1) is 19.1. The molecule has 0 unspecified atom stereocenters. The molecule has 1 aliphatic heterocycles. The quantitative estimate of drug-likeness (QED) is 0.566. The van der Waals surface area contributed by atoms with Gasteiger partial charge in [0.1, 0.15) is 0 Å². The average Bonchev–Trinajstić information content (AvgIpc) is 2.98. The van der Waals surface area contributed by atoms with Crippen molar-refractivity contribution >= 4 is 45.0 Å². The van der Waals surface area contributed by atoms with Crippen molar-refractivity contribution in [2.75, 3.05) is 10.2 Å². The Balaban J connectivity index is 1.64. The number of hydrogen-bond donors (Lipinski definition) is 1. The minimum atomic E-state index is -0.403. The number of aryl methyl sites for hydroxylation is 1. The zero-order valence-electron chi connectivity index (χ0n) is 15.6. The number of anilines is 2. The lowest BCUT2D eigenvalue weighted by molar-refractivity contribution is 0.0924. The summed E-state index contributed by atoms with van der Waals surface area (Å²) >= 11 is 3.33. The van der Waals surface area contributed by atoms with Crippen molar-refractivity contribution in [3.63, 3.8) is 0 Å². The Kier molecular flexibility index (Phi) is 5.03. The molecule has 0 atom stereocenters. The van der Waals surface area contributed by atoms with Crippen LogP contribution < -0.4 is 10.2 Å². The van der Waals surface area contributed by atoms with Crippen LogP contribution in [0.3, 0.4) is 0 Å². The molecular formula is C23H17BrN2O3. The highest BCUT2D eigenvalue weighted by Crippen LogP contribution is 2.31. The Hall–Kier alpha value is -3.25. The van der Waals surface area contributed by atoms with Gasteiger partial charge >= 0.3 is 0 Å². The standard InChI is InChI=1S/C23H17BrN2O3/c1-2-14-6-3-4-9-20(14)25-21(27)15-7-5-8-17(12-15)26-22(28)18-11-10-16(24)13-19(18)23(26)29/h3-13H,2H2,1H3,(H,25,27). The zero-order chi connectivity index (χ0) is 20.5. The summed E-state index contributed by atoms with van der Waals surface area (Å²) in [4.78, 5) is 39.4. The number of benzene rings is 3. The summed E-state index contributed by atoms with van der Waals surface area (Å²) in [6, 6.07) is 19.1. The molecule has 4 rings (SSSR count). The normalized spacial score (nSPS) is 12.8. The van der Waals surface area contributed by atoms with Gasteiger partial charge in [-0.25, -0.2) is 4.90 Å². The number of hydrogen-bond acceptors (Lipinski definition) is 3. The topological polar surface area (TPSA) is 66.5 Å². The Morgan fingerprint density at radius 3 is 2.48 bits per heavy atom. The van der Waals surface area contributed by atoms with Gasteiger partial charge in [0.05, 0.1) is 16.8 Å². The fourth-order valence-electron chi connectivity index (χ4n) is 3.38. The highest BCUT2D eigenvalue weighted by atomic mass is 79.9. The van der Waals surface area contributed by atoms with Crippen LogP contribution in [0.1, 0.15) is 43.6 Å². The Bertz CT molecular complexity index is 1160. The smallest absolute Gasteiger partial charge is 0.266 e. The van der Waals surface area contributed by atoms with Crippen molar-refractivity contribution in [1.29, 1.82) is 0 Å². The van der Waals surface area contributed by atoms with Crippen LogP contribution in [0.15, 0.2) is 71.2 Å². The number of halogens is 1. The van der Waals surface area contributed by atoms with E-state index in [1.54, 1.807) is 42.5 Å². The van der Waals surface area contributed by atoms with E-state index in [0.717, 1.165) is 27.0 Å². The lowest BCUT2D eigenvalue weighted by atomic mass is 10.1. The van der Waals surface area contributed by atoms with Crippen molar-refractivity contribution in [3.05, 3.63) is 93.5 Å². The number of para-hydroxylation sites is 1. The summed E-state index contributed by atoms with van der Waals surface area (Å²) in [5.74, 6) is -1.10. The predicted octanol–water partition coefficient (Wildman–Crippen LogP) is 5.06. The third kappa shape index (κ3) is 3.47. The van der Waals surface area contributed by atoms with Crippen LogP contribution in [-0.4, -0.2) is 17.7 Å². The van der Waals surface area contributed by atoms with E-state index in [1.807, 2.05) is 31.2 Å². The first-order valence-corrected chi connectivity index (χ1v) is 9.96. The fourth-order valence-corrected chi connectivity index (χ4v) is 3.74. The molecule has 1 aliphatic rings. The number of nitrogens with zero attached hydrogens (tertiary/aromatic N) is 1. The molecule has 0 aromatic heterocycles. The average molecular weight is 449 g/mol. The number of nitrogens with one attached hydrogen (secondary N) is 1. The minimum absolute atomic E-state index is 0.299. The largest absolute Gasteiger partial charge is 0.322 e. The molecule has 0 fully saturated rings. The Morgan fingerprint density at radius 1 is 0.931 bits per heavy atom. The van der Waals surface area contributed by atoms with Gasteiger partial charge in [-0.2, -0.15) is 0 Å². The van der Waals surface area contributed by atoms with Crippen molar-refractivity contribution in [2.24, 2.45) is 0 Å². The first-order valence-electron chi connectivity index (χ1n) is 9.17. The molecule has 3 aromatic rings. The molecule has 0 bridgehead atoms. The van der Waals surface area contributed by atoms with Gasteiger partial charge < -0.3 is 5.32 Å². The van der Waals surface area contributed by atoms with Gasteiger partial charge in [0.2, 0.25) is 0 Å². The third-order valence-corrected chi connectivity index (χ3v) is 5.35. The number of rotatable bonds is 4. The van der Waals surface area contributed by atoms with E-state index in [9.17, 15) is 14.4 Å². The summed E-state index contributed by atoms with van der Waals surface area (Å²) in [6.07, 6.45) is 0.793. The Morgan fingerprint density at radius 2 is 1.69 bits per heavy atom. The van der Waals surface area contributed by atoms with Gasteiger partial charge in [-0.3, -0.25) is 14.4 Å². The second-order valence-electron chi connectivity index (χ2n) is 6.65. The van der Waals surface area contributed by atoms with Crippen LogP contribution in [0.5, 0.6) is 0 Å². The molecule has 0 saturated carbocycles. The van der Waals surface area contributed by atoms with E-state index >= 15 is 0 Å². The molecule has 0 radical (unpaired) electrons. The predicted molar refractivity (Wildman–Crippen MR) is 115 cm³/mol. The number of amides is 3. The van der Waals surface area contributed by atoms with Gasteiger partial charge in [-0.15, -0.1) is 0 Å². The molecule has 29 heavy (non-hydrogen) atoms. The first-order chi connectivity index (χ1) is 14.0. The minimum Gasteiger partial charge on any atom is -0.322 e. The molecule has 1 N–H and O–H groups in total. The lowest BCUT2D eigenvalue weighted by Gasteiger charge is -2.15. The molecule has 1 heterocycles. The third-order valence-electron chi connectivity index (χ3n) is 4.86. The molecule has 3 amide bonds. The van der Waals surface area contributed by atoms with Gasteiger partial charge in [0.15, 0.2) is 0 Å². The second-order valence-corrected chi connectivity index (χ2v) is 7.57. The maximum atomic E-state index is 12.8. The number of imide groups is 1. The van der Waals surface area contributed by atoms with Crippen molar-refractivity contribution in [3.8, 4) is 0 Å². The zero-order valence-corrected chi connectivity index (χ0v) is 17.2. The maximum absolute atomic E-state index is 12.8. The van der Waals surface area contributed by atoms with Crippen LogP contribution in [0.4, 0.5) is 11.4 Å². The van der Waals surface area contributed by atoms with E-state index < -0.39 is 11.8 Å². The monoisotopic (exact) mass is 448 g/mol. The highest BCUT2D eigenvalue weighted by Gasteiger charge is 2.36. The summed E-state index contributed by atoms with van der Waals surface area (Å²) in [5, 5.41) is 2.91. The van der Waals surface area contributed by atoms with Gasteiger partial charge in [-0.05, 0) is 54.4 Å². The van der Waals surface area contributed by atoms with Crippen LogP contribution >= 0.6 is 15.9 Å². The fraction of sp³-hybridized carbons (Fsp3) is 0.0870. The molecule has 144 valence electrons. The number of carbonyl (C=O) groups is 3. The highest BCUT2D eigenvalue weighted by molar-refractivity contribution is 9.10. The van der Waals surface area contributed by atoms with Crippen molar-refractivity contribution < 1.29 is 14.4 Å². The summed E-state index contributed by atoms with van der Waals surface area (Å²) < 4.78 is 0.724. The summed E-state index contributed by atoms with van der Waals surface area (Å²) in [6.45, 7) is 2.02. The van der Waals surface area contributed by atoms with E-state index in [4.69, 9.17) is 0 Å². The molecule has 5 nitrogen and oxygen atoms in total. The van der Waals surface area contributed by atoms with E-state index in [0.29, 0.717) is 22.4 Å². The van der Waals surface area contributed by atoms with Crippen molar-refractivity contribution in [1.82, 2.24) is 0 Å². The SMILES string of the molecule is CCc1ccccc1NC(=O)c1cccc(N2C(=O)c3ccc(Br)cc3C2=O)c1. The molecule has 3 aromatic carbocycles. The van der Waals surface area contributed by atoms with E-state index in [-0.39, 0.29) is 5.91 Å². The molecular weight excluding hydrogens is 432 g/mol. The number of carbonyl (C=O) groups excluding carboxylic acids is 3. The van der Waals surface area contributed by atoms with Gasteiger partial charge in [-0.1, -0.05) is 47.1 Å². The van der Waals surface area contributed by atoms with Crippen LogP contribution in [0, 0.1) is 0 Å². The second kappa shape index (κ2) is 7.64. The van der Waals surface area contributed by atoms with E-state index in [1.165, 1.54) is 0 Å². The van der Waals surface area contributed by atoms with Crippen LogP contribution in [0.2, 0.25) is 0 Å². The van der Waals surface area contributed by atoms with Crippen molar-refractivity contribution in [2.45, 2.75) is 13.3 Å². The molecule has 0 saturated heterocycles. The summed E-state index contributed by atoms with van der Waals surface area (Å²) in [7, 11) is 0. The Labute approximate surface area is 176 Å². The number of fused-ring (bicyclic) bond motifs is 1. The molecule has 0 aliphatic carbocycles. The summed E-state index contributed by atoms with van der Waals surface area (Å²) in [5.41, 5.74) is 3.20. The van der Waals surface area contributed by atoms with Gasteiger partial charge in [0.25, 0.3) is 17.7 Å². The van der Waals surface area contributed by atoms with Crippen LogP contribution in [0.25, 0.3) is 0 Å². The molecule has 6 heteroatoms. The van der Waals surface area contributed by atoms with E-state index in [2.05, 4.69) is 21.2 Å². The van der Waals surface area contributed by atoms with Crippen LogP contribution in [-0.2, 0) is 6.42 Å². The molecule has 0 spiro atoms. The van der Waals surface area contributed by atoms with Gasteiger partial charge in [0, 0.05) is 15.7 Å². The maximum Gasteiger partial charge on any atom is 0.266 e.